The fourth-order valence-corrected chi connectivity index (χ4v) is 4.98. The SMILES string of the molecule is Cc1c(C#N)cccc1CNc1nnc(C)c2cnc(N3CC4(CCN(C)C4)C3)cc12. The molecule has 0 amide bonds. The molecular formula is C24H27N7. The molecule has 2 aliphatic heterocycles. The molecule has 2 aliphatic rings. The third kappa shape index (κ3) is 3.47. The number of aryl methyl sites for hydroxylation is 1. The summed E-state index contributed by atoms with van der Waals surface area (Å²) in [5.41, 5.74) is 4.09. The summed E-state index contributed by atoms with van der Waals surface area (Å²) >= 11 is 0. The zero-order valence-electron chi connectivity index (χ0n) is 18.3. The number of hydrogen-bond acceptors (Lipinski definition) is 7. The van der Waals surface area contributed by atoms with Gasteiger partial charge in [0.2, 0.25) is 0 Å². The van der Waals surface area contributed by atoms with Crippen molar-refractivity contribution in [3.05, 3.63) is 52.8 Å². The summed E-state index contributed by atoms with van der Waals surface area (Å²) < 4.78 is 0. The van der Waals surface area contributed by atoms with Crippen LogP contribution in [-0.2, 0) is 6.54 Å². The van der Waals surface area contributed by atoms with Crippen molar-refractivity contribution in [3.63, 3.8) is 0 Å². The summed E-state index contributed by atoms with van der Waals surface area (Å²) in [6.07, 6.45) is 3.19. The lowest BCUT2D eigenvalue weighted by atomic mass is 9.79. The third-order valence-corrected chi connectivity index (χ3v) is 6.85. The average molecular weight is 414 g/mol. The van der Waals surface area contributed by atoms with Crippen molar-refractivity contribution in [1.29, 1.82) is 5.26 Å². The average Bonchev–Trinajstić information content (AvgIpc) is 3.15. The Labute approximate surface area is 182 Å². The van der Waals surface area contributed by atoms with Gasteiger partial charge in [0.25, 0.3) is 0 Å². The molecule has 1 N–H and O–H groups in total. The van der Waals surface area contributed by atoms with E-state index in [1.807, 2.05) is 38.2 Å². The highest BCUT2D eigenvalue weighted by Crippen LogP contribution is 2.41. The van der Waals surface area contributed by atoms with E-state index in [4.69, 9.17) is 4.98 Å². The normalized spacial score (nSPS) is 17.7. The molecule has 0 bridgehead atoms. The lowest BCUT2D eigenvalue weighted by Crippen LogP contribution is -2.57. The zero-order chi connectivity index (χ0) is 21.6. The van der Waals surface area contributed by atoms with Crippen molar-refractivity contribution in [2.45, 2.75) is 26.8 Å². The van der Waals surface area contributed by atoms with E-state index < -0.39 is 0 Å². The van der Waals surface area contributed by atoms with Crippen LogP contribution in [0.15, 0.2) is 30.5 Å². The third-order valence-electron chi connectivity index (χ3n) is 6.85. The van der Waals surface area contributed by atoms with E-state index in [0.717, 1.165) is 52.3 Å². The number of likely N-dealkylation sites (tertiary alicyclic amines) is 1. The molecule has 4 heterocycles. The van der Waals surface area contributed by atoms with Crippen LogP contribution < -0.4 is 10.2 Å². The van der Waals surface area contributed by atoms with Gasteiger partial charge in [0.1, 0.15) is 5.82 Å². The lowest BCUT2D eigenvalue weighted by Gasteiger charge is -2.48. The molecule has 1 aromatic carbocycles. The molecule has 5 rings (SSSR count). The molecule has 7 nitrogen and oxygen atoms in total. The molecule has 0 aliphatic carbocycles. The molecule has 158 valence electrons. The maximum absolute atomic E-state index is 9.30. The van der Waals surface area contributed by atoms with Crippen molar-refractivity contribution in [3.8, 4) is 6.07 Å². The first kappa shape index (κ1) is 19.7. The van der Waals surface area contributed by atoms with Crippen molar-refractivity contribution >= 4 is 22.4 Å². The Morgan fingerprint density at radius 3 is 2.74 bits per heavy atom. The number of rotatable bonds is 4. The molecule has 1 spiro atoms. The quantitative estimate of drug-likeness (QED) is 0.703. The largest absolute Gasteiger partial charge is 0.364 e. The molecule has 2 fully saturated rings. The first-order valence-corrected chi connectivity index (χ1v) is 10.8. The van der Waals surface area contributed by atoms with E-state index in [-0.39, 0.29) is 0 Å². The van der Waals surface area contributed by atoms with E-state index in [1.54, 1.807) is 0 Å². The summed E-state index contributed by atoms with van der Waals surface area (Å²) in [6, 6.07) is 10.2. The van der Waals surface area contributed by atoms with Gasteiger partial charge in [-0.15, -0.1) is 5.10 Å². The maximum atomic E-state index is 9.30. The van der Waals surface area contributed by atoms with Crippen LogP contribution in [0.5, 0.6) is 0 Å². The zero-order valence-corrected chi connectivity index (χ0v) is 18.3. The van der Waals surface area contributed by atoms with E-state index in [1.165, 1.54) is 19.5 Å². The summed E-state index contributed by atoms with van der Waals surface area (Å²) in [5, 5.41) is 23.6. The van der Waals surface area contributed by atoms with E-state index >= 15 is 0 Å². The Kier molecular flexibility index (Phi) is 4.75. The number of aromatic nitrogens is 3. The number of nitrogens with zero attached hydrogens (tertiary/aromatic N) is 6. The van der Waals surface area contributed by atoms with Crippen molar-refractivity contribution in [2.24, 2.45) is 5.41 Å². The number of anilines is 2. The highest BCUT2D eigenvalue weighted by molar-refractivity contribution is 5.94. The van der Waals surface area contributed by atoms with Crippen molar-refractivity contribution < 1.29 is 0 Å². The first-order chi connectivity index (χ1) is 15.0. The molecule has 0 saturated carbocycles. The van der Waals surface area contributed by atoms with Crippen LogP contribution in [0.25, 0.3) is 10.8 Å². The van der Waals surface area contributed by atoms with Crippen LogP contribution in [0.4, 0.5) is 11.6 Å². The van der Waals surface area contributed by atoms with Gasteiger partial charge in [0, 0.05) is 48.6 Å². The number of benzene rings is 1. The standard InChI is InChI=1S/C24H27N7/c1-16-18(10-25)5-4-6-19(16)11-27-23-20-9-22(26-12-21(20)17(2)28-29-23)31-14-24(15-31)7-8-30(3)13-24/h4-6,9,12H,7-8,11,13-15H2,1-3H3,(H,27,29). The number of nitriles is 1. The molecule has 0 unspecified atom stereocenters. The molecule has 31 heavy (non-hydrogen) atoms. The molecule has 0 atom stereocenters. The van der Waals surface area contributed by atoms with Crippen LogP contribution in [0.3, 0.4) is 0 Å². The highest BCUT2D eigenvalue weighted by atomic mass is 15.3. The fraction of sp³-hybridized carbons (Fsp3) is 0.417. The molecule has 2 saturated heterocycles. The predicted octanol–water partition coefficient (Wildman–Crippen LogP) is 3.27. The highest BCUT2D eigenvalue weighted by Gasteiger charge is 2.47. The van der Waals surface area contributed by atoms with Crippen LogP contribution >= 0.6 is 0 Å². The minimum absolute atomic E-state index is 0.433. The number of fused-ring (bicyclic) bond motifs is 1. The van der Waals surface area contributed by atoms with Gasteiger partial charge in [-0.1, -0.05) is 12.1 Å². The van der Waals surface area contributed by atoms with Gasteiger partial charge in [0.05, 0.1) is 17.3 Å². The molecule has 7 heteroatoms. The second-order valence-electron chi connectivity index (χ2n) is 9.12. The Bertz CT molecular complexity index is 1190. The lowest BCUT2D eigenvalue weighted by molar-refractivity contribution is 0.216. The predicted molar refractivity (Wildman–Crippen MR) is 122 cm³/mol. The molecular weight excluding hydrogens is 386 g/mol. The number of nitrogens with one attached hydrogen (secondary N) is 1. The van der Waals surface area contributed by atoms with E-state index in [0.29, 0.717) is 17.5 Å². The van der Waals surface area contributed by atoms with Crippen LogP contribution in [0, 0.1) is 30.6 Å². The summed E-state index contributed by atoms with van der Waals surface area (Å²) in [7, 11) is 2.21. The minimum Gasteiger partial charge on any atom is -0.364 e. The molecule has 3 aromatic rings. The minimum atomic E-state index is 0.433. The van der Waals surface area contributed by atoms with Gasteiger partial charge in [-0.3, -0.25) is 0 Å². The summed E-state index contributed by atoms with van der Waals surface area (Å²) in [4.78, 5) is 9.54. The second-order valence-corrected chi connectivity index (χ2v) is 9.12. The Morgan fingerprint density at radius 1 is 1.16 bits per heavy atom. The molecule has 0 radical (unpaired) electrons. The number of pyridine rings is 1. The molecule has 2 aromatic heterocycles. The van der Waals surface area contributed by atoms with Crippen molar-refractivity contribution in [1.82, 2.24) is 20.1 Å². The smallest absolute Gasteiger partial charge is 0.157 e. The fourth-order valence-electron chi connectivity index (χ4n) is 4.98. The van der Waals surface area contributed by atoms with Gasteiger partial charge in [-0.2, -0.15) is 10.4 Å². The Hall–Kier alpha value is -3.24. The first-order valence-electron chi connectivity index (χ1n) is 10.8. The van der Waals surface area contributed by atoms with Gasteiger partial charge >= 0.3 is 0 Å². The van der Waals surface area contributed by atoms with Crippen LogP contribution in [0.1, 0.15) is 28.8 Å². The van der Waals surface area contributed by atoms with Crippen LogP contribution in [0.2, 0.25) is 0 Å². The van der Waals surface area contributed by atoms with Gasteiger partial charge in [0.15, 0.2) is 5.82 Å². The Morgan fingerprint density at radius 2 is 2.00 bits per heavy atom. The Balaban J connectivity index is 1.41. The summed E-state index contributed by atoms with van der Waals surface area (Å²) in [5.74, 6) is 1.76. The second kappa shape index (κ2) is 7.47. The monoisotopic (exact) mass is 413 g/mol. The topological polar surface area (TPSA) is 81.0 Å². The van der Waals surface area contributed by atoms with Crippen molar-refractivity contribution in [2.75, 3.05) is 43.4 Å². The number of hydrogen-bond donors (Lipinski definition) is 1. The van der Waals surface area contributed by atoms with Crippen LogP contribution in [-0.4, -0.2) is 53.3 Å². The summed E-state index contributed by atoms with van der Waals surface area (Å²) in [6.45, 7) is 9.03. The van der Waals surface area contributed by atoms with Gasteiger partial charge in [-0.05, 0) is 57.1 Å². The van der Waals surface area contributed by atoms with Gasteiger partial charge < -0.3 is 15.1 Å². The van der Waals surface area contributed by atoms with E-state index in [9.17, 15) is 5.26 Å². The van der Waals surface area contributed by atoms with Gasteiger partial charge in [-0.25, -0.2) is 4.98 Å². The van der Waals surface area contributed by atoms with E-state index in [2.05, 4.69) is 44.5 Å². The maximum Gasteiger partial charge on any atom is 0.157 e.